The van der Waals surface area contributed by atoms with Gasteiger partial charge in [-0.05, 0) is 43.5 Å². The zero-order valence-corrected chi connectivity index (χ0v) is 17.4. The number of nitrogens with one attached hydrogen (secondary N) is 1. The van der Waals surface area contributed by atoms with Crippen LogP contribution in [-0.2, 0) is 11.4 Å². The first kappa shape index (κ1) is 19.4. The molecule has 0 radical (unpaired) electrons. The van der Waals surface area contributed by atoms with E-state index in [0.717, 1.165) is 15.6 Å². The number of fused-ring (bicyclic) bond motifs is 2. The molecule has 6 nitrogen and oxygen atoms in total. The van der Waals surface area contributed by atoms with Gasteiger partial charge < -0.3 is 15.2 Å². The Morgan fingerprint density at radius 3 is 2.72 bits per heavy atom. The Labute approximate surface area is 174 Å². The number of carbonyl (C=O) groups excluding carboxylic acids is 1. The molecule has 4 rings (SSSR count). The third-order valence-electron chi connectivity index (χ3n) is 4.42. The van der Waals surface area contributed by atoms with Crippen LogP contribution in [0.1, 0.15) is 28.4 Å². The highest BCUT2D eigenvalue weighted by Gasteiger charge is 2.32. The first-order valence-electron chi connectivity index (χ1n) is 8.89. The lowest BCUT2D eigenvalue weighted by Crippen LogP contribution is -2.49. The second-order valence-corrected chi connectivity index (χ2v) is 9.21. The van der Waals surface area contributed by atoms with Gasteiger partial charge in [-0.2, -0.15) is 0 Å². The summed E-state index contributed by atoms with van der Waals surface area (Å²) in [6.07, 6.45) is 1.65. The fraction of sp³-hybridized carbons (Fsp3) is 0.190. The number of ether oxygens (including phenoxy) is 1. The topological polar surface area (TPSA) is 88.5 Å². The molecule has 0 aliphatic carbocycles. The fourth-order valence-corrected chi connectivity index (χ4v) is 4.81. The van der Waals surface area contributed by atoms with E-state index in [-0.39, 0.29) is 0 Å². The molecular formula is C21H18N2O4S2. The van der Waals surface area contributed by atoms with Gasteiger partial charge in [0.25, 0.3) is 5.91 Å². The van der Waals surface area contributed by atoms with Crippen LogP contribution in [0.3, 0.4) is 0 Å². The van der Waals surface area contributed by atoms with Crippen LogP contribution < -0.4 is 10.1 Å². The summed E-state index contributed by atoms with van der Waals surface area (Å²) in [4.78, 5) is 30.5. The highest BCUT2D eigenvalue weighted by Crippen LogP contribution is 2.38. The number of thiophene rings is 2. The largest absolute Gasteiger partial charge is 0.486 e. The summed E-state index contributed by atoms with van der Waals surface area (Å²) in [6.45, 7) is 3.19. The first-order chi connectivity index (χ1) is 13.8. The van der Waals surface area contributed by atoms with Gasteiger partial charge >= 0.3 is 5.97 Å². The van der Waals surface area contributed by atoms with E-state index in [1.54, 1.807) is 23.6 Å². The van der Waals surface area contributed by atoms with Gasteiger partial charge in [0, 0.05) is 15.8 Å². The molecule has 2 N–H and O–H groups in total. The maximum absolute atomic E-state index is 12.8. The molecule has 1 aromatic carbocycles. The van der Waals surface area contributed by atoms with Crippen LogP contribution in [0, 0.1) is 0 Å². The Morgan fingerprint density at radius 2 is 1.97 bits per heavy atom. The lowest BCUT2D eigenvalue weighted by molar-refractivity contribution is -0.143. The van der Waals surface area contributed by atoms with E-state index in [0.29, 0.717) is 22.1 Å². The van der Waals surface area contributed by atoms with Crippen LogP contribution in [0.25, 0.3) is 20.3 Å². The van der Waals surface area contributed by atoms with E-state index in [1.165, 1.54) is 29.9 Å². The molecule has 0 unspecified atom stereocenters. The smallest absolute Gasteiger partial charge is 0.328 e. The predicted molar refractivity (Wildman–Crippen MR) is 115 cm³/mol. The molecular weight excluding hydrogens is 408 g/mol. The summed E-state index contributed by atoms with van der Waals surface area (Å²) in [6, 6.07) is 13.8. The van der Waals surface area contributed by atoms with Crippen LogP contribution in [0.2, 0.25) is 0 Å². The van der Waals surface area contributed by atoms with Crippen LogP contribution >= 0.6 is 22.7 Å². The standard InChI is InChI=1S/C21H18N2O4S2/c1-21(2,20(25)26)23-18(24)17-16(14-7-5-9-22-19(14)29-17)27-11-13-10-12-6-3-4-8-15(12)28-13/h3-10H,11H2,1-2H3,(H,23,24)(H,25,26). The van der Waals surface area contributed by atoms with Gasteiger partial charge in [-0.15, -0.1) is 22.7 Å². The summed E-state index contributed by atoms with van der Waals surface area (Å²) >= 11 is 2.82. The molecule has 0 saturated carbocycles. The molecule has 1 amide bonds. The molecule has 3 aromatic heterocycles. The van der Waals surface area contributed by atoms with E-state index in [9.17, 15) is 14.7 Å². The molecule has 29 heavy (non-hydrogen) atoms. The highest BCUT2D eigenvalue weighted by molar-refractivity contribution is 7.21. The number of hydrogen-bond donors (Lipinski definition) is 2. The Bertz CT molecular complexity index is 1190. The number of amides is 1. The van der Waals surface area contributed by atoms with Crippen molar-refractivity contribution < 1.29 is 19.4 Å². The Morgan fingerprint density at radius 1 is 1.17 bits per heavy atom. The fourth-order valence-electron chi connectivity index (χ4n) is 2.85. The van der Waals surface area contributed by atoms with Gasteiger partial charge in [0.15, 0.2) is 5.75 Å². The third kappa shape index (κ3) is 3.81. The van der Waals surface area contributed by atoms with Crippen LogP contribution in [0.5, 0.6) is 5.75 Å². The number of carboxylic acids is 1. The maximum atomic E-state index is 12.8. The van der Waals surface area contributed by atoms with E-state index in [1.807, 2.05) is 24.3 Å². The summed E-state index contributed by atoms with van der Waals surface area (Å²) in [5.74, 6) is -1.18. The van der Waals surface area contributed by atoms with Gasteiger partial charge in [-0.3, -0.25) is 4.79 Å². The number of hydrogen-bond acceptors (Lipinski definition) is 6. The van der Waals surface area contributed by atoms with Crippen molar-refractivity contribution in [2.75, 3.05) is 0 Å². The molecule has 0 aliphatic heterocycles. The SMILES string of the molecule is CC(C)(NC(=O)c1sc2ncccc2c1OCc1cc2ccccc2s1)C(=O)O. The lowest BCUT2D eigenvalue weighted by atomic mass is 10.1. The van der Waals surface area contributed by atoms with Crippen molar-refractivity contribution >= 4 is 54.9 Å². The van der Waals surface area contributed by atoms with Crippen molar-refractivity contribution in [1.82, 2.24) is 10.3 Å². The van der Waals surface area contributed by atoms with E-state index in [2.05, 4.69) is 22.4 Å². The molecule has 8 heteroatoms. The minimum Gasteiger partial charge on any atom is -0.486 e. The number of nitrogens with zero attached hydrogens (tertiary/aromatic N) is 1. The molecule has 0 atom stereocenters. The molecule has 0 aliphatic rings. The van der Waals surface area contributed by atoms with Crippen LogP contribution in [0.15, 0.2) is 48.7 Å². The summed E-state index contributed by atoms with van der Waals surface area (Å²) < 4.78 is 7.25. The van der Waals surface area contributed by atoms with Crippen molar-refractivity contribution in [2.45, 2.75) is 26.0 Å². The second kappa shape index (κ2) is 7.46. The van der Waals surface area contributed by atoms with Crippen molar-refractivity contribution in [3.63, 3.8) is 0 Å². The quantitative estimate of drug-likeness (QED) is 0.467. The number of aromatic nitrogens is 1. The third-order valence-corrected chi connectivity index (χ3v) is 6.61. The van der Waals surface area contributed by atoms with Crippen molar-refractivity contribution in [2.24, 2.45) is 0 Å². The average Bonchev–Trinajstić information content (AvgIpc) is 3.26. The summed E-state index contributed by atoms with van der Waals surface area (Å²) in [5.41, 5.74) is -1.40. The van der Waals surface area contributed by atoms with E-state index < -0.39 is 17.4 Å². The normalized spacial score (nSPS) is 11.7. The van der Waals surface area contributed by atoms with Crippen molar-refractivity contribution in [3.05, 3.63) is 58.4 Å². The zero-order valence-electron chi connectivity index (χ0n) is 15.8. The molecule has 0 bridgehead atoms. The summed E-state index contributed by atoms with van der Waals surface area (Å²) in [7, 11) is 0. The molecule has 4 aromatic rings. The molecule has 3 heterocycles. The highest BCUT2D eigenvalue weighted by atomic mass is 32.1. The predicted octanol–water partition coefficient (Wildman–Crippen LogP) is 4.68. The van der Waals surface area contributed by atoms with E-state index in [4.69, 9.17) is 4.74 Å². The van der Waals surface area contributed by atoms with Crippen LogP contribution in [-0.4, -0.2) is 27.5 Å². The van der Waals surface area contributed by atoms with Crippen molar-refractivity contribution in [1.29, 1.82) is 0 Å². The lowest BCUT2D eigenvalue weighted by Gasteiger charge is -2.20. The Balaban J connectivity index is 1.66. The minimum absolute atomic E-state index is 0.308. The van der Waals surface area contributed by atoms with E-state index >= 15 is 0 Å². The van der Waals surface area contributed by atoms with Crippen molar-refractivity contribution in [3.8, 4) is 5.75 Å². The number of carboxylic acid groups (broad SMARTS) is 1. The maximum Gasteiger partial charge on any atom is 0.328 e. The van der Waals surface area contributed by atoms with Crippen LogP contribution in [0.4, 0.5) is 0 Å². The molecule has 0 saturated heterocycles. The van der Waals surface area contributed by atoms with Gasteiger partial charge in [0.1, 0.15) is 21.9 Å². The Hall–Kier alpha value is -2.97. The minimum atomic E-state index is -1.40. The summed E-state index contributed by atoms with van der Waals surface area (Å²) in [5, 5.41) is 13.8. The average molecular weight is 427 g/mol. The monoisotopic (exact) mass is 426 g/mol. The molecule has 0 spiro atoms. The second-order valence-electron chi connectivity index (χ2n) is 7.04. The zero-order chi connectivity index (χ0) is 20.6. The number of rotatable bonds is 6. The molecule has 148 valence electrons. The number of carbonyl (C=O) groups is 2. The van der Waals surface area contributed by atoms with Gasteiger partial charge in [0.2, 0.25) is 0 Å². The first-order valence-corrected chi connectivity index (χ1v) is 10.5. The number of aliphatic carboxylic acids is 1. The van der Waals surface area contributed by atoms with Gasteiger partial charge in [-0.25, -0.2) is 9.78 Å². The van der Waals surface area contributed by atoms with Gasteiger partial charge in [0.05, 0.1) is 5.39 Å². The molecule has 0 fully saturated rings. The number of pyridine rings is 1. The number of benzene rings is 1. The van der Waals surface area contributed by atoms with Gasteiger partial charge in [-0.1, -0.05) is 18.2 Å². The Kier molecular flexibility index (Phi) is 4.97.